The second-order valence-electron chi connectivity index (χ2n) is 6.04. The van der Waals surface area contributed by atoms with Crippen LogP contribution in [0.3, 0.4) is 0 Å². The molecular formula is C13H22N4O2. The van der Waals surface area contributed by atoms with Gasteiger partial charge >= 0.3 is 6.09 Å². The molecule has 0 saturated heterocycles. The van der Waals surface area contributed by atoms with E-state index in [2.05, 4.69) is 10.4 Å². The summed E-state index contributed by atoms with van der Waals surface area (Å²) in [4.78, 5) is 14.0. The molecule has 0 spiro atoms. The molecule has 1 aliphatic rings. The van der Waals surface area contributed by atoms with Crippen molar-refractivity contribution in [3.63, 3.8) is 0 Å². The Hall–Kier alpha value is -1.72. The van der Waals surface area contributed by atoms with Crippen LogP contribution in [0.1, 0.15) is 33.4 Å². The van der Waals surface area contributed by atoms with Gasteiger partial charge in [-0.15, -0.1) is 0 Å². The number of nitrogens with zero attached hydrogens (tertiary/aromatic N) is 3. The molecule has 0 aromatic carbocycles. The molecule has 1 atom stereocenters. The van der Waals surface area contributed by atoms with Gasteiger partial charge in [-0.05, 0) is 34.6 Å². The largest absolute Gasteiger partial charge is 0.443 e. The van der Waals surface area contributed by atoms with Crippen LogP contribution in [0.15, 0.2) is 0 Å². The van der Waals surface area contributed by atoms with Crippen LogP contribution in [0.2, 0.25) is 0 Å². The van der Waals surface area contributed by atoms with Crippen molar-refractivity contribution in [3.05, 3.63) is 5.69 Å². The van der Waals surface area contributed by atoms with Crippen molar-refractivity contribution >= 4 is 17.6 Å². The van der Waals surface area contributed by atoms with Crippen LogP contribution in [-0.4, -0.2) is 34.1 Å². The second kappa shape index (κ2) is 4.43. The van der Waals surface area contributed by atoms with Crippen LogP contribution in [0, 0.1) is 6.92 Å². The van der Waals surface area contributed by atoms with Crippen molar-refractivity contribution in [1.29, 1.82) is 0 Å². The fourth-order valence-electron chi connectivity index (χ4n) is 2.26. The number of carbonyl (C=O) groups is 1. The summed E-state index contributed by atoms with van der Waals surface area (Å²) in [5.74, 6) is 0.863. The summed E-state index contributed by atoms with van der Waals surface area (Å²) in [7, 11) is 1.87. The third-order valence-corrected chi connectivity index (χ3v) is 2.91. The van der Waals surface area contributed by atoms with Crippen molar-refractivity contribution in [2.45, 2.75) is 46.3 Å². The Bertz CT molecular complexity index is 501. The Balaban J connectivity index is 2.35. The number of hydrogen-bond acceptors (Lipinski definition) is 4. The molecular weight excluding hydrogens is 244 g/mol. The van der Waals surface area contributed by atoms with Gasteiger partial charge in [0.1, 0.15) is 17.1 Å². The fraction of sp³-hybridized carbons (Fsp3) is 0.692. The number of aryl methyl sites for hydroxylation is 2. The molecule has 0 unspecified atom stereocenters. The number of amides is 1. The Kier molecular flexibility index (Phi) is 3.20. The van der Waals surface area contributed by atoms with Gasteiger partial charge in [-0.25, -0.2) is 4.79 Å². The molecule has 0 saturated carbocycles. The Labute approximate surface area is 113 Å². The summed E-state index contributed by atoms with van der Waals surface area (Å²) in [6, 6.07) is 0.162. The molecule has 0 bridgehead atoms. The Morgan fingerprint density at radius 2 is 2.11 bits per heavy atom. The summed E-state index contributed by atoms with van der Waals surface area (Å²) in [6.07, 6.45) is -0.321. The van der Waals surface area contributed by atoms with Gasteiger partial charge < -0.3 is 10.1 Å². The van der Waals surface area contributed by atoms with Crippen LogP contribution in [0.25, 0.3) is 0 Å². The van der Waals surface area contributed by atoms with Crippen LogP contribution in [-0.2, 0) is 11.8 Å². The maximum absolute atomic E-state index is 12.3. The summed E-state index contributed by atoms with van der Waals surface area (Å²) < 4.78 is 7.23. The normalized spacial score (nSPS) is 18.8. The minimum Gasteiger partial charge on any atom is -0.443 e. The quantitative estimate of drug-likeness (QED) is 0.782. The van der Waals surface area contributed by atoms with Crippen molar-refractivity contribution in [2.24, 2.45) is 7.05 Å². The number of aromatic nitrogens is 2. The number of fused-ring (bicyclic) bond motifs is 1. The van der Waals surface area contributed by atoms with Gasteiger partial charge in [-0.1, -0.05) is 0 Å². The zero-order valence-electron chi connectivity index (χ0n) is 12.4. The second-order valence-corrected chi connectivity index (χ2v) is 6.04. The first kappa shape index (κ1) is 13.7. The molecule has 0 aliphatic carbocycles. The lowest BCUT2D eigenvalue weighted by Gasteiger charge is -2.34. The molecule has 0 radical (unpaired) electrons. The highest BCUT2D eigenvalue weighted by Crippen LogP contribution is 2.34. The maximum atomic E-state index is 12.3. The molecule has 2 rings (SSSR count). The SMILES string of the molecule is Cc1nn(C)c2c1N(C(=O)OC(C)(C)C)C[C@H](C)N2. The number of ether oxygens (including phenoxy) is 1. The smallest absolute Gasteiger partial charge is 0.415 e. The van der Waals surface area contributed by atoms with Crippen LogP contribution in [0.5, 0.6) is 0 Å². The van der Waals surface area contributed by atoms with Gasteiger partial charge in [0.2, 0.25) is 0 Å². The number of anilines is 2. The summed E-state index contributed by atoms with van der Waals surface area (Å²) in [5, 5.41) is 7.71. The van der Waals surface area contributed by atoms with E-state index in [0.29, 0.717) is 6.54 Å². The number of hydrogen-bond donors (Lipinski definition) is 1. The lowest BCUT2D eigenvalue weighted by molar-refractivity contribution is 0.0578. The summed E-state index contributed by atoms with van der Waals surface area (Å²) >= 11 is 0. The molecule has 19 heavy (non-hydrogen) atoms. The molecule has 2 heterocycles. The standard InChI is InChI=1S/C13H22N4O2/c1-8-7-17(12(18)19-13(3,4)5)10-9(2)15-16(6)11(10)14-8/h8,14H,7H2,1-6H3/t8-/m0/s1. The zero-order chi connectivity index (χ0) is 14.4. The van der Waals surface area contributed by atoms with E-state index in [1.54, 1.807) is 9.58 Å². The molecule has 0 fully saturated rings. The molecule has 1 aromatic rings. The molecule has 106 valence electrons. The summed E-state index contributed by atoms with van der Waals surface area (Å²) in [5.41, 5.74) is 1.14. The molecule has 6 nitrogen and oxygen atoms in total. The minimum atomic E-state index is -0.499. The van der Waals surface area contributed by atoms with Gasteiger partial charge in [0, 0.05) is 19.6 Å². The summed E-state index contributed by atoms with van der Waals surface area (Å²) in [6.45, 7) is 10.1. The third kappa shape index (κ3) is 2.67. The first-order valence-corrected chi connectivity index (χ1v) is 6.49. The van der Waals surface area contributed by atoms with E-state index in [9.17, 15) is 4.79 Å². The Morgan fingerprint density at radius 3 is 2.68 bits per heavy atom. The predicted octanol–water partition coefficient (Wildman–Crippen LogP) is 2.28. The fourth-order valence-corrected chi connectivity index (χ4v) is 2.26. The van der Waals surface area contributed by atoms with Gasteiger partial charge in [0.25, 0.3) is 0 Å². The van der Waals surface area contributed by atoms with Gasteiger partial charge in [0.05, 0.1) is 5.69 Å². The van der Waals surface area contributed by atoms with Crippen LogP contribution >= 0.6 is 0 Å². The van der Waals surface area contributed by atoms with E-state index in [1.807, 2.05) is 41.7 Å². The van der Waals surface area contributed by atoms with Crippen molar-refractivity contribution < 1.29 is 9.53 Å². The lowest BCUT2D eigenvalue weighted by atomic mass is 10.2. The van der Waals surface area contributed by atoms with Crippen molar-refractivity contribution in [1.82, 2.24) is 9.78 Å². The average molecular weight is 266 g/mol. The van der Waals surface area contributed by atoms with E-state index >= 15 is 0 Å². The lowest BCUT2D eigenvalue weighted by Crippen LogP contribution is -2.46. The highest BCUT2D eigenvalue weighted by Gasteiger charge is 2.33. The van der Waals surface area contributed by atoms with E-state index in [4.69, 9.17) is 4.74 Å². The molecule has 6 heteroatoms. The molecule has 1 amide bonds. The van der Waals surface area contributed by atoms with Gasteiger partial charge in [0.15, 0.2) is 0 Å². The molecule has 1 aliphatic heterocycles. The highest BCUT2D eigenvalue weighted by atomic mass is 16.6. The number of nitrogens with one attached hydrogen (secondary N) is 1. The van der Waals surface area contributed by atoms with E-state index in [-0.39, 0.29) is 12.1 Å². The van der Waals surface area contributed by atoms with E-state index in [0.717, 1.165) is 17.2 Å². The predicted molar refractivity (Wildman–Crippen MR) is 74.6 cm³/mol. The number of carbonyl (C=O) groups excluding carboxylic acids is 1. The highest BCUT2D eigenvalue weighted by molar-refractivity contribution is 5.94. The third-order valence-electron chi connectivity index (χ3n) is 2.91. The Morgan fingerprint density at radius 1 is 1.47 bits per heavy atom. The van der Waals surface area contributed by atoms with Crippen molar-refractivity contribution in [2.75, 3.05) is 16.8 Å². The number of rotatable bonds is 0. The van der Waals surface area contributed by atoms with E-state index in [1.165, 1.54) is 0 Å². The first-order chi connectivity index (χ1) is 8.69. The van der Waals surface area contributed by atoms with E-state index < -0.39 is 5.60 Å². The maximum Gasteiger partial charge on any atom is 0.415 e. The molecule has 1 N–H and O–H groups in total. The van der Waals surface area contributed by atoms with Crippen LogP contribution in [0.4, 0.5) is 16.3 Å². The first-order valence-electron chi connectivity index (χ1n) is 6.49. The zero-order valence-corrected chi connectivity index (χ0v) is 12.4. The molecule has 1 aromatic heterocycles. The minimum absolute atomic E-state index is 0.162. The van der Waals surface area contributed by atoms with Crippen molar-refractivity contribution in [3.8, 4) is 0 Å². The van der Waals surface area contributed by atoms with Gasteiger partial charge in [-0.2, -0.15) is 5.10 Å². The van der Waals surface area contributed by atoms with Crippen LogP contribution < -0.4 is 10.2 Å². The monoisotopic (exact) mass is 266 g/mol. The average Bonchev–Trinajstić information content (AvgIpc) is 2.51. The topological polar surface area (TPSA) is 59.4 Å². The van der Waals surface area contributed by atoms with Gasteiger partial charge in [-0.3, -0.25) is 9.58 Å².